The van der Waals surface area contributed by atoms with Gasteiger partial charge in [-0.15, -0.1) is 0 Å². The van der Waals surface area contributed by atoms with Gasteiger partial charge in [0.25, 0.3) is 0 Å². The van der Waals surface area contributed by atoms with Crippen molar-refractivity contribution in [3.8, 4) is 11.3 Å². The fourth-order valence-electron chi connectivity index (χ4n) is 4.63. The molecule has 0 aliphatic rings. The number of nitrogens with zero attached hydrogens (tertiary/aromatic N) is 1. The zero-order chi connectivity index (χ0) is 23.4. The predicted octanol–water partition coefficient (Wildman–Crippen LogP) is 7.54. The smallest absolute Gasteiger partial charge is 0.200 e. The summed E-state index contributed by atoms with van der Waals surface area (Å²) in [5, 5.41) is 4.03. The van der Waals surface area contributed by atoms with Crippen LogP contribution in [-0.4, -0.2) is 6.18 Å². The third-order valence-electron chi connectivity index (χ3n) is 6.73. The van der Waals surface area contributed by atoms with E-state index in [4.69, 9.17) is 0 Å². The zero-order valence-electron chi connectivity index (χ0n) is 19.5. The van der Waals surface area contributed by atoms with Crippen LogP contribution in [0.3, 0.4) is 0 Å². The molecule has 1 aromatic heterocycles. The quantitative estimate of drug-likeness (QED) is 0.231. The number of fused-ring (bicyclic) bond motifs is 3. The van der Waals surface area contributed by atoms with Crippen LogP contribution in [0.2, 0.25) is 0 Å². The van der Waals surface area contributed by atoms with Crippen LogP contribution in [-0.2, 0) is 13.5 Å². The topological polar surface area (TPSA) is 3.88 Å². The molecule has 4 aromatic rings. The molecule has 0 saturated heterocycles. The van der Waals surface area contributed by atoms with Gasteiger partial charge in [0.1, 0.15) is 7.05 Å². The van der Waals surface area contributed by atoms with Crippen LogP contribution >= 0.6 is 0 Å². The summed E-state index contributed by atoms with van der Waals surface area (Å²) in [5.74, 6) is 0. The Kier molecular flexibility index (Phi) is 5.31. The molecule has 0 atom stereocenters. The molecule has 1 nitrogen and oxygen atoms in total. The molecule has 0 aliphatic heterocycles. The lowest BCUT2D eigenvalue weighted by Gasteiger charge is -2.28. The molecule has 4 rings (SSSR count). The number of benzene rings is 3. The molecule has 32 heavy (non-hydrogen) atoms. The summed E-state index contributed by atoms with van der Waals surface area (Å²) >= 11 is 0. The SMILES string of the molecule is Cc1cc(C)c(C)c(-c2c3ccc4c(CC(C)(C)C(F)(F)F)cccc4c3cc[n+]2C)c1. The van der Waals surface area contributed by atoms with Gasteiger partial charge < -0.3 is 0 Å². The second-order valence-corrected chi connectivity index (χ2v) is 9.63. The van der Waals surface area contributed by atoms with Crippen molar-refractivity contribution < 1.29 is 17.7 Å². The Labute approximate surface area is 187 Å². The molecule has 0 N–H and O–H groups in total. The molecule has 0 spiro atoms. The fourth-order valence-corrected chi connectivity index (χ4v) is 4.63. The first-order valence-corrected chi connectivity index (χ1v) is 10.9. The Balaban J connectivity index is 1.99. The number of halogens is 3. The highest BCUT2D eigenvalue weighted by atomic mass is 19.4. The largest absolute Gasteiger partial charge is 0.394 e. The number of alkyl halides is 3. The average molecular weight is 437 g/mol. The van der Waals surface area contributed by atoms with Crippen molar-refractivity contribution in [2.75, 3.05) is 0 Å². The Morgan fingerprint density at radius 2 is 1.47 bits per heavy atom. The van der Waals surface area contributed by atoms with Gasteiger partial charge in [0.05, 0.1) is 16.4 Å². The van der Waals surface area contributed by atoms with Crippen LogP contribution in [0.5, 0.6) is 0 Å². The van der Waals surface area contributed by atoms with Crippen molar-refractivity contribution >= 4 is 21.5 Å². The summed E-state index contributed by atoms with van der Waals surface area (Å²) < 4.78 is 42.8. The van der Waals surface area contributed by atoms with Crippen LogP contribution in [0.25, 0.3) is 32.8 Å². The number of pyridine rings is 1. The number of aromatic nitrogens is 1. The van der Waals surface area contributed by atoms with Gasteiger partial charge in [0.15, 0.2) is 6.20 Å². The van der Waals surface area contributed by atoms with Gasteiger partial charge in [-0.3, -0.25) is 0 Å². The Morgan fingerprint density at radius 1 is 0.812 bits per heavy atom. The highest BCUT2D eigenvalue weighted by Crippen LogP contribution is 2.42. The Morgan fingerprint density at radius 3 is 2.16 bits per heavy atom. The maximum Gasteiger partial charge on any atom is 0.394 e. The molecule has 0 bridgehead atoms. The fraction of sp³-hybridized carbons (Fsp3) is 0.321. The summed E-state index contributed by atoms with van der Waals surface area (Å²) in [4.78, 5) is 0. The molecule has 1 heterocycles. The van der Waals surface area contributed by atoms with Gasteiger partial charge in [0, 0.05) is 11.5 Å². The van der Waals surface area contributed by atoms with Crippen LogP contribution in [0.15, 0.2) is 54.7 Å². The second-order valence-electron chi connectivity index (χ2n) is 9.63. The van der Waals surface area contributed by atoms with E-state index in [0.717, 1.165) is 32.8 Å². The average Bonchev–Trinajstić information content (AvgIpc) is 2.69. The van der Waals surface area contributed by atoms with Gasteiger partial charge in [-0.25, -0.2) is 4.57 Å². The van der Waals surface area contributed by atoms with E-state index in [2.05, 4.69) is 49.6 Å². The molecular formula is C28H29F3N+. The summed E-state index contributed by atoms with van der Waals surface area (Å²) in [6.45, 7) is 8.91. The minimum absolute atomic E-state index is 0.0526. The van der Waals surface area contributed by atoms with Crippen molar-refractivity contribution in [3.05, 3.63) is 77.0 Å². The van der Waals surface area contributed by atoms with Gasteiger partial charge in [0.2, 0.25) is 5.69 Å². The van der Waals surface area contributed by atoms with Crippen molar-refractivity contribution in [2.45, 2.75) is 47.2 Å². The molecule has 4 heteroatoms. The minimum atomic E-state index is -4.26. The van der Waals surface area contributed by atoms with Gasteiger partial charge in [-0.05, 0) is 66.8 Å². The van der Waals surface area contributed by atoms with Crippen LogP contribution in [0, 0.1) is 26.2 Å². The van der Waals surface area contributed by atoms with Crippen LogP contribution in [0.1, 0.15) is 36.1 Å². The van der Waals surface area contributed by atoms with Crippen LogP contribution in [0.4, 0.5) is 13.2 Å². The van der Waals surface area contributed by atoms with Gasteiger partial charge >= 0.3 is 6.18 Å². The lowest BCUT2D eigenvalue weighted by atomic mass is 9.83. The first-order chi connectivity index (χ1) is 14.9. The number of hydrogen-bond donors (Lipinski definition) is 0. The van der Waals surface area contributed by atoms with E-state index in [0.29, 0.717) is 0 Å². The highest BCUT2D eigenvalue weighted by Gasteiger charge is 2.47. The third-order valence-corrected chi connectivity index (χ3v) is 6.73. The van der Waals surface area contributed by atoms with Crippen molar-refractivity contribution in [1.29, 1.82) is 0 Å². The molecule has 0 amide bonds. The Hall–Kier alpha value is -2.88. The third kappa shape index (κ3) is 3.66. The maximum atomic E-state index is 13.6. The molecule has 0 unspecified atom stereocenters. The maximum absolute atomic E-state index is 13.6. The molecule has 0 fully saturated rings. The summed E-state index contributed by atoms with van der Waals surface area (Å²) in [7, 11) is 2.04. The summed E-state index contributed by atoms with van der Waals surface area (Å²) in [6, 6.07) is 16.2. The number of aryl methyl sites for hydroxylation is 3. The van der Waals surface area contributed by atoms with E-state index in [1.807, 2.05) is 37.5 Å². The molecule has 0 radical (unpaired) electrons. The molecule has 3 aromatic carbocycles. The van der Waals surface area contributed by atoms with E-state index < -0.39 is 11.6 Å². The molecule has 166 valence electrons. The first-order valence-electron chi connectivity index (χ1n) is 10.9. The second kappa shape index (κ2) is 7.61. The first kappa shape index (κ1) is 22.3. The summed E-state index contributed by atoms with van der Waals surface area (Å²) in [6.07, 6.45) is -2.27. The number of rotatable bonds is 3. The van der Waals surface area contributed by atoms with Gasteiger partial charge in [-0.2, -0.15) is 13.2 Å². The van der Waals surface area contributed by atoms with Gasteiger partial charge in [-0.1, -0.05) is 49.7 Å². The normalized spacial score (nSPS) is 12.7. The molecule has 0 aliphatic carbocycles. The van der Waals surface area contributed by atoms with E-state index in [1.54, 1.807) is 0 Å². The van der Waals surface area contributed by atoms with Crippen molar-refractivity contribution in [1.82, 2.24) is 0 Å². The zero-order valence-corrected chi connectivity index (χ0v) is 19.5. The highest BCUT2D eigenvalue weighted by molar-refractivity contribution is 6.11. The minimum Gasteiger partial charge on any atom is -0.200 e. The Bertz CT molecular complexity index is 1350. The molecular weight excluding hydrogens is 407 g/mol. The van der Waals surface area contributed by atoms with E-state index >= 15 is 0 Å². The predicted molar refractivity (Wildman–Crippen MR) is 126 cm³/mol. The van der Waals surface area contributed by atoms with E-state index in [1.165, 1.54) is 36.1 Å². The van der Waals surface area contributed by atoms with Crippen LogP contribution < -0.4 is 4.57 Å². The monoisotopic (exact) mass is 436 g/mol. The van der Waals surface area contributed by atoms with Crippen molar-refractivity contribution in [3.63, 3.8) is 0 Å². The lowest BCUT2D eigenvalue weighted by Crippen LogP contribution is -2.34. The lowest BCUT2D eigenvalue weighted by molar-refractivity contribution is -0.659. The summed E-state index contributed by atoms with van der Waals surface area (Å²) in [5.41, 5.74) is 4.93. The standard InChI is InChI=1S/C28H29F3N/c1-17-14-18(2)19(3)25(15-17)26-24-11-10-21-20(16-27(4,5)28(29,30)31)8-7-9-22(21)23(24)12-13-32(26)6/h7-15H,16H2,1-6H3/q+1. The van der Waals surface area contributed by atoms with E-state index in [-0.39, 0.29) is 6.42 Å². The van der Waals surface area contributed by atoms with E-state index in [9.17, 15) is 13.2 Å². The van der Waals surface area contributed by atoms with Crippen molar-refractivity contribution in [2.24, 2.45) is 12.5 Å². The number of hydrogen-bond acceptors (Lipinski definition) is 0. The molecule has 0 saturated carbocycles.